The Labute approximate surface area is 77.3 Å². The first-order chi connectivity index (χ1) is 5.90. The van der Waals surface area contributed by atoms with E-state index in [1.807, 2.05) is 20.8 Å². The van der Waals surface area contributed by atoms with Crippen molar-refractivity contribution >= 4 is 11.6 Å². The lowest BCUT2D eigenvalue weighted by Crippen LogP contribution is -2.26. The van der Waals surface area contributed by atoms with Gasteiger partial charge in [-0.05, 0) is 27.7 Å². The highest BCUT2D eigenvalue weighted by molar-refractivity contribution is 6.10. The Morgan fingerprint density at radius 1 is 1.46 bits per heavy atom. The van der Waals surface area contributed by atoms with Crippen molar-refractivity contribution in [1.29, 1.82) is 0 Å². The minimum absolute atomic E-state index is 0.203. The van der Waals surface area contributed by atoms with Crippen LogP contribution in [0.25, 0.3) is 0 Å². The molecular formula is C8H14N4O. The van der Waals surface area contributed by atoms with Gasteiger partial charge in [-0.2, -0.15) is 15.3 Å². The molecular weight excluding hydrogens is 168 g/mol. The van der Waals surface area contributed by atoms with Crippen LogP contribution in [-0.4, -0.2) is 23.2 Å². The van der Waals surface area contributed by atoms with Crippen LogP contribution in [0.3, 0.4) is 0 Å². The van der Waals surface area contributed by atoms with Crippen molar-refractivity contribution in [1.82, 2.24) is 5.43 Å². The molecule has 1 atom stereocenters. The molecule has 72 valence electrons. The van der Waals surface area contributed by atoms with Gasteiger partial charge in [-0.1, -0.05) is 0 Å². The van der Waals surface area contributed by atoms with Gasteiger partial charge in [-0.25, -0.2) is 5.43 Å². The summed E-state index contributed by atoms with van der Waals surface area (Å²) in [5, 5.41) is 11.7. The van der Waals surface area contributed by atoms with Gasteiger partial charge in [0.1, 0.15) is 0 Å². The van der Waals surface area contributed by atoms with Crippen LogP contribution in [0.15, 0.2) is 15.3 Å². The normalized spacial score (nSPS) is 23.5. The predicted octanol–water partition coefficient (Wildman–Crippen LogP) is 1.11. The van der Waals surface area contributed by atoms with Gasteiger partial charge in [-0.3, -0.25) is 4.79 Å². The van der Waals surface area contributed by atoms with Gasteiger partial charge in [0.05, 0.1) is 11.3 Å². The predicted molar refractivity (Wildman–Crippen MR) is 49.6 cm³/mol. The molecule has 0 spiro atoms. The van der Waals surface area contributed by atoms with E-state index >= 15 is 0 Å². The fourth-order valence-electron chi connectivity index (χ4n) is 0.822. The van der Waals surface area contributed by atoms with E-state index in [1.54, 1.807) is 6.92 Å². The summed E-state index contributed by atoms with van der Waals surface area (Å²) in [7, 11) is 0. The summed E-state index contributed by atoms with van der Waals surface area (Å²) < 4.78 is 0. The zero-order valence-electron chi connectivity index (χ0n) is 8.33. The molecule has 0 fully saturated rings. The van der Waals surface area contributed by atoms with Crippen molar-refractivity contribution in [2.24, 2.45) is 15.3 Å². The van der Waals surface area contributed by atoms with Crippen molar-refractivity contribution in [3.05, 3.63) is 0 Å². The first-order valence-corrected chi connectivity index (χ1v) is 4.16. The zero-order chi connectivity index (χ0) is 10.1. The largest absolute Gasteiger partial charge is 0.272 e. The third-order valence-corrected chi connectivity index (χ3v) is 1.46. The second-order valence-electron chi connectivity index (χ2n) is 4.02. The molecule has 0 aliphatic carbocycles. The standard InChI is InChI=1S/C8H14N4O/c1-5-6(7(13)11-9-5)10-12-8(2,3)4/h6H,1-4H3,(H,11,13)/b12-10+. The van der Waals surface area contributed by atoms with Crippen LogP contribution >= 0.6 is 0 Å². The van der Waals surface area contributed by atoms with Crippen molar-refractivity contribution in [3.8, 4) is 0 Å². The summed E-state index contributed by atoms with van der Waals surface area (Å²) in [4.78, 5) is 11.1. The van der Waals surface area contributed by atoms with E-state index in [1.165, 1.54) is 0 Å². The molecule has 13 heavy (non-hydrogen) atoms. The number of hydrogen-bond acceptors (Lipinski definition) is 4. The molecule has 0 aromatic heterocycles. The Balaban J connectivity index is 2.69. The van der Waals surface area contributed by atoms with Crippen LogP contribution in [0.4, 0.5) is 0 Å². The maximum Gasteiger partial charge on any atom is 0.272 e. The molecule has 5 heteroatoms. The zero-order valence-corrected chi connectivity index (χ0v) is 8.33. The van der Waals surface area contributed by atoms with Crippen LogP contribution in [0, 0.1) is 0 Å². The summed E-state index contributed by atoms with van der Waals surface area (Å²) >= 11 is 0. The maximum atomic E-state index is 11.1. The summed E-state index contributed by atoms with van der Waals surface area (Å²) in [6.45, 7) is 7.53. The van der Waals surface area contributed by atoms with E-state index in [-0.39, 0.29) is 11.4 Å². The van der Waals surface area contributed by atoms with Crippen LogP contribution in [-0.2, 0) is 4.79 Å². The number of nitrogens with zero attached hydrogens (tertiary/aromatic N) is 3. The maximum absolute atomic E-state index is 11.1. The number of nitrogens with one attached hydrogen (secondary N) is 1. The smallest absolute Gasteiger partial charge is 0.270 e. The van der Waals surface area contributed by atoms with Crippen molar-refractivity contribution < 1.29 is 4.79 Å². The molecule has 0 aromatic carbocycles. The number of carbonyl (C=O) groups excluding carboxylic acids is 1. The number of carbonyl (C=O) groups is 1. The van der Waals surface area contributed by atoms with Crippen molar-refractivity contribution in [2.45, 2.75) is 39.3 Å². The molecule has 5 nitrogen and oxygen atoms in total. The summed E-state index contributed by atoms with van der Waals surface area (Å²) in [5.41, 5.74) is 2.77. The van der Waals surface area contributed by atoms with Gasteiger partial charge < -0.3 is 0 Å². The molecule has 0 aromatic rings. The molecule has 1 N–H and O–H groups in total. The number of hydrogen-bond donors (Lipinski definition) is 1. The lowest BCUT2D eigenvalue weighted by atomic mass is 10.1. The van der Waals surface area contributed by atoms with Gasteiger partial charge in [0.15, 0.2) is 6.04 Å². The molecule has 1 rings (SSSR count). The van der Waals surface area contributed by atoms with Gasteiger partial charge in [0.2, 0.25) is 0 Å². The first kappa shape index (κ1) is 9.83. The lowest BCUT2D eigenvalue weighted by Gasteiger charge is -2.10. The quantitative estimate of drug-likeness (QED) is 0.606. The first-order valence-electron chi connectivity index (χ1n) is 4.16. The SMILES string of the molecule is CC1=NNC(=O)C1/N=N/C(C)(C)C. The molecule has 0 bridgehead atoms. The second-order valence-corrected chi connectivity index (χ2v) is 4.02. The van der Waals surface area contributed by atoms with E-state index < -0.39 is 6.04 Å². The number of amides is 1. The van der Waals surface area contributed by atoms with Gasteiger partial charge in [0, 0.05) is 0 Å². The van der Waals surface area contributed by atoms with E-state index in [2.05, 4.69) is 20.8 Å². The number of azo groups is 1. The fraction of sp³-hybridized carbons (Fsp3) is 0.750. The number of rotatable bonds is 1. The average molecular weight is 182 g/mol. The van der Waals surface area contributed by atoms with Crippen molar-refractivity contribution in [2.75, 3.05) is 0 Å². The van der Waals surface area contributed by atoms with Gasteiger partial charge in [0.25, 0.3) is 5.91 Å². The molecule has 1 amide bonds. The summed E-state index contributed by atoms with van der Waals surface area (Å²) in [6.07, 6.45) is 0. The Kier molecular flexibility index (Phi) is 2.45. The minimum atomic E-state index is -0.528. The van der Waals surface area contributed by atoms with E-state index in [0.29, 0.717) is 5.71 Å². The molecule has 1 aliphatic heterocycles. The van der Waals surface area contributed by atoms with Crippen LogP contribution < -0.4 is 5.43 Å². The third-order valence-electron chi connectivity index (χ3n) is 1.46. The summed E-state index contributed by atoms with van der Waals surface area (Å²) in [5.74, 6) is -0.203. The molecule has 0 saturated carbocycles. The summed E-state index contributed by atoms with van der Waals surface area (Å²) in [6, 6.07) is -0.528. The Morgan fingerprint density at radius 2 is 2.08 bits per heavy atom. The highest BCUT2D eigenvalue weighted by Gasteiger charge is 2.27. The van der Waals surface area contributed by atoms with E-state index in [0.717, 1.165) is 0 Å². The average Bonchev–Trinajstić information content (AvgIpc) is 2.27. The van der Waals surface area contributed by atoms with Crippen LogP contribution in [0.2, 0.25) is 0 Å². The lowest BCUT2D eigenvalue weighted by molar-refractivity contribution is -0.120. The van der Waals surface area contributed by atoms with E-state index in [9.17, 15) is 4.79 Å². The Morgan fingerprint density at radius 3 is 2.46 bits per heavy atom. The molecule has 1 heterocycles. The highest BCUT2D eigenvalue weighted by Crippen LogP contribution is 2.10. The van der Waals surface area contributed by atoms with Crippen LogP contribution in [0.5, 0.6) is 0 Å². The van der Waals surface area contributed by atoms with Crippen molar-refractivity contribution in [3.63, 3.8) is 0 Å². The topological polar surface area (TPSA) is 66.2 Å². The second kappa shape index (κ2) is 3.24. The minimum Gasteiger partial charge on any atom is -0.270 e. The van der Waals surface area contributed by atoms with Crippen LogP contribution in [0.1, 0.15) is 27.7 Å². The fourth-order valence-corrected chi connectivity index (χ4v) is 0.822. The molecule has 0 radical (unpaired) electrons. The Hall–Kier alpha value is -1.26. The third kappa shape index (κ3) is 2.61. The molecule has 1 aliphatic rings. The highest BCUT2D eigenvalue weighted by atomic mass is 16.2. The number of hydrazone groups is 1. The molecule has 1 unspecified atom stereocenters. The molecule has 0 saturated heterocycles. The van der Waals surface area contributed by atoms with E-state index in [4.69, 9.17) is 0 Å². The Bertz CT molecular complexity index is 274. The monoisotopic (exact) mass is 182 g/mol. The van der Waals surface area contributed by atoms with Gasteiger partial charge in [-0.15, -0.1) is 0 Å². The van der Waals surface area contributed by atoms with Gasteiger partial charge >= 0.3 is 0 Å².